The van der Waals surface area contributed by atoms with Gasteiger partial charge >= 0.3 is 6.18 Å². The number of nitrogens with one attached hydrogen (secondary N) is 2. The van der Waals surface area contributed by atoms with Crippen molar-refractivity contribution in [2.45, 2.75) is 12.7 Å². The number of carbonyl (C=O) groups is 1. The summed E-state index contributed by atoms with van der Waals surface area (Å²) in [5.41, 5.74) is -0.552. The van der Waals surface area contributed by atoms with Gasteiger partial charge in [-0.25, -0.2) is 4.98 Å². The molecule has 0 spiro atoms. The number of ether oxygens (including phenoxy) is 1. The van der Waals surface area contributed by atoms with Crippen molar-refractivity contribution in [3.05, 3.63) is 83.6 Å². The smallest absolute Gasteiger partial charge is 0.416 e. The topological polar surface area (TPSA) is 66.5 Å². The molecule has 2 aromatic carbocycles. The summed E-state index contributed by atoms with van der Waals surface area (Å²) >= 11 is 0. The Morgan fingerprint density at radius 1 is 1.12 bits per heavy atom. The number of rotatable bonds is 8. The Labute approximate surface area is 193 Å². The fraction of sp³-hybridized carbons (Fsp3) is 0.250. The SMILES string of the molecule is O=C(Nc1cc(OCC2CNC2)cc(C(F)(F)F)c1)c1cccnc1N(F)Cc1ccccc1. The van der Waals surface area contributed by atoms with Crippen LogP contribution in [0.4, 0.5) is 29.2 Å². The molecular formula is C24H22F4N4O2. The zero-order valence-corrected chi connectivity index (χ0v) is 18.0. The molecule has 0 radical (unpaired) electrons. The fourth-order valence-corrected chi connectivity index (χ4v) is 3.38. The van der Waals surface area contributed by atoms with Gasteiger partial charge in [0.1, 0.15) is 5.75 Å². The van der Waals surface area contributed by atoms with Crippen molar-refractivity contribution >= 4 is 17.4 Å². The number of nitrogens with zero attached hydrogens (tertiary/aromatic N) is 2. The van der Waals surface area contributed by atoms with E-state index in [1.807, 2.05) is 0 Å². The predicted octanol–water partition coefficient (Wildman–Crippen LogP) is 4.84. The van der Waals surface area contributed by atoms with Crippen LogP contribution in [0.5, 0.6) is 5.75 Å². The first-order valence-electron chi connectivity index (χ1n) is 10.6. The number of anilines is 2. The van der Waals surface area contributed by atoms with E-state index in [4.69, 9.17) is 4.74 Å². The quantitative estimate of drug-likeness (QED) is 0.361. The number of hydrogen-bond acceptors (Lipinski definition) is 5. The summed E-state index contributed by atoms with van der Waals surface area (Å²) in [6, 6.07) is 14.6. The molecule has 0 saturated carbocycles. The maximum Gasteiger partial charge on any atom is 0.416 e. The fourth-order valence-electron chi connectivity index (χ4n) is 3.38. The predicted molar refractivity (Wildman–Crippen MR) is 119 cm³/mol. The summed E-state index contributed by atoms with van der Waals surface area (Å²) in [7, 11) is 0. The molecule has 1 amide bonds. The van der Waals surface area contributed by atoms with Crippen LogP contribution in [0.25, 0.3) is 0 Å². The number of aromatic nitrogens is 1. The highest BCUT2D eigenvalue weighted by atomic mass is 19.4. The van der Waals surface area contributed by atoms with Crippen molar-refractivity contribution in [2.75, 3.05) is 30.1 Å². The standard InChI is InChI=1S/C24H22F4N4O2/c25-24(26,27)18-9-19(11-20(10-18)34-15-17-12-29-13-17)31-23(33)21-7-4-8-30-22(21)32(28)14-16-5-2-1-3-6-16/h1-11,17,29H,12-15H2,(H,31,33). The van der Waals surface area contributed by atoms with E-state index in [9.17, 15) is 22.4 Å². The molecule has 1 fully saturated rings. The number of halogens is 4. The van der Waals surface area contributed by atoms with Gasteiger partial charge < -0.3 is 15.4 Å². The van der Waals surface area contributed by atoms with E-state index in [-0.39, 0.29) is 41.9 Å². The molecule has 6 nitrogen and oxygen atoms in total. The highest BCUT2D eigenvalue weighted by Crippen LogP contribution is 2.35. The first kappa shape index (κ1) is 23.5. The van der Waals surface area contributed by atoms with Gasteiger partial charge in [0.25, 0.3) is 5.91 Å². The normalized spacial score (nSPS) is 13.8. The lowest BCUT2D eigenvalue weighted by molar-refractivity contribution is -0.137. The number of carbonyl (C=O) groups excluding carboxylic acids is 1. The molecule has 2 heterocycles. The van der Waals surface area contributed by atoms with Crippen LogP contribution in [0.2, 0.25) is 0 Å². The van der Waals surface area contributed by atoms with Crippen LogP contribution in [0, 0.1) is 5.92 Å². The van der Waals surface area contributed by atoms with Gasteiger partial charge in [0.15, 0.2) is 5.82 Å². The Balaban J connectivity index is 1.55. The summed E-state index contributed by atoms with van der Waals surface area (Å²) in [4.78, 5) is 16.9. The molecule has 1 saturated heterocycles. The second-order valence-corrected chi connectivity index (χ2v) is 7.91. The molecule has 0 unspecified atom stereocenters. The third-order valence-corrected chi connectivity index (χ3v) is 5.27. The number of benzene rings is 2. The van der Waals surface area contributed by atoms with E-state index in [0.717, 1.165) is 25.2 Å². The molecule has 0 aliphatic carbocycles. The van der Waals surface area contributed by atoms with Gasteiger partial charge in [-0.1, -0.05) is 34.8 Å². The molecule has 1 aliphatic heterocycles. The average Bonchev–Trinajstić information content (AvgIpc) is 2.78. The molecule has 0 atom stereocenters. The van der Waals surface area contributed by atoms with E-state index >= 15 is 0 Å². The lowest BCUT2D eigenvalue weighted by Gasteiger charge is -2.27. The lowest BCUT2D eigenvalue weighted by atomic mass is 10.1. The van der Waals surface area contributed by atoms with Crippen LogP contribution in [-0.4, -0.2) is 30.6 Å². The minimum absolute atomic E-state index is 0.0142. The van der Waals surface area contributed by atoms with Gasteiger partial charge in [-0.15, -0.1) is 0 Å². The van der Waals surface area contributed by atoms with Crippen LogP contribution in [-0.2, 0) is 12.7 Å². The van der Waals surface area contributed by atoms with Crippen molar-refractivity contribution in [3.8, 4) is 5.75 Å². The molecule has 34 heavy (non-hydrogen) atoms. The van der Waals surface area contributed by atoms with E-state index in [1.54, 1.807) is 30.3 Å². The van der Waals surface area contributed by atoms with Crippen LogP contribution >= 0.6 is 0 Å². The minimum Gasteiger partial charge on any atom is -0.493 e. The second kappa shape index (κ2) is 10.1. The number of hydrogen-bond donors (Lipinski definition) is 2. The van der Waals surface area contributed by atoms with Crippen LogP contribution < -0.4 is 20.5 Å². The summed E-state index contributed by atoms with van der Waals surface area (Å²) in [6.45, 7) is 1.56. The number of pyridine rings is 1. The van der Waals surface area contributed by atoms with Crippen LogP contribution in [0.15, 0.2) is 66.9 Å². The van der Waals surface area contributed by atoms with Gasteiger partial charge in [-0.2, -0.15) is 18.3 Å². The van der Waals surface area contributed by atoms with Gasteiger partial charge in [0.05, 0.1) is 24.3 Å². The van der Waals surface area contributed by atoms with Gasteiger partial charge in [-0.3, -0.25) is 4.79 Å². The first-order chi connectivity index (χ1) is 16.3. The van der Waals surface area contributed by atoms with E-state index in [1.165, 1.54) is 24.4 Å². The summed E-state index contributed by atoms with van der Waals surface area (Å²) < 4.78 is 60.7. The van der Waals surface area contributed by atoms with Crippen LogP contribution in [0.1, 0.15) is 21.5 Å². The van der Waals surface area contributed by atoms with Crippen molar-refractivity contribution in [2.24, 2.45) is 5.92 Å². The van der Waals surface area contributed by atoms with Crippen molar-refractivity contribution in [1.29, 1.82) is 0 Å². The highest BCUT2D eigenvalue weighted by molar-refractivity contribution is 6.07. The third kappa shape index (κ3) is 5.82. The van der Waals surface area contributed by atoms with Gasteiger partial charge in [-0.05, 0) is 29.8 Å². The molecular weight excluding hydrogens is 452 g/mol. The monoisotopic (exact) mass is 474 g/mol. The average molecular weight is 474 g/mol. The molecule has 2 N–H and O–H groups in total. The Bertz CT molecular complexity index is 1140. The minimum atomic E-state index is -4.64. The Morgan fingerprint density at radius 3 is 2.56 bits per heavy atom. The molecule has 178 valence electrons. The summed E-state index contributed by atoms with van der Waals surface area (Å²) in [5, 5.41) is 5.80. The second-order valence-electron chi connectivity index (χ2n) is 7.91. The van der Waals surface area contributed by atoms with Gasteiger partial charge in [0, 0.05) is 37.0 Å². The molecule has 1 aliphatic rings. The summed E-state index contributed by atoms with van der Waals surface area (Å²) in [6.07, 6.45) is -3.31. The Kier molecular flexibility index (Phi) is 6.97. The zero-order chi connectivity index (χ0) is 24.1. The lowest BCUT2D eigenvalue weighted by Crippen LogP contribution is -2.45. The summed E-state index contributed by atoms with van der Waals surface area (Å²) in [5.74, 6) is -0.845. The number of amides is 1. The first-order valence-corrected chi connectivity index (χ1v) is 10.6. The van der Waals surface area contributed by atoms with Gasteiger partial charge in [0.2, 0.25) is 0 Å². The zero-order valence-electron chi connectivity index (χ0n) is 18.0. The molecule has 3 aromatic rings. The third-order valence-electron chi connectivity index (χ3n) is 5.27. The molecule has 4 rings (SSSR count). The van der Waals surface area contributed by atoms with E-state index < -0.39 is 17.6 Å². The molecule has 0 bridgehead atoms. The van der Waals surface area contributed by atoms with Crippen LogP contribution in [0.3, 0.4) is 0 Å². The van der Waals surface area contributed by atoms with E-state index in [2.05, 4.69) is 15.6 Å². The van der Waals surface area contributed by atoms with Crippen molar-refractivity contribution < 1.29 is 27.2 Å². The number of alkyl halides is 3. The molecule has 10 heteroatoms. The largest absolute Gasteiger partial charge is 0.493 e. The van der Waals surface area contributed by atoms with E-state index in [0.29, 0.717) is 10.7 Å². The Hall–Kier alpha value is -3.66. The maximum absolute atomic E-state index is 14.9. The molecule has 1 aromatic heterocycles. The Morgan fingerprint density at radius 2 is 1.88 bits per heavy atom. The van der Waals surface area contributed by atoms with Crippen molar-refractivity contribution in [3.63, 3.8) is 0 Å². The maximum atomic E-state index is 14.9. The van der Waals surface area contributed by atoms with Crippen molar-refractivity contribution in [1.82, 2.24) is 10.3 Å². The highest BCUT2D eigenvalue weighted by Gasteiger charge is 2.32.